The fraction of sp³-hybridized carbons (Fsp3) is 0.812. The number of hydrogen-bond donors (Lipinski definition) is 0. The topological polar surface area (TPSA) is 17.1 Å². The van der Waals surface area contributed by atoms with E-state index < -0.39 is 0 Å². The zero-order valence-electron chi connectivity index (χ0n) is 12.0. The molecule has 1 saturated carbocycles. The van der Waals surface area contributed by atoms with Crippen LogP contribution in [0.4, 0.5) is 0 Å². The molecule has 0 aliphatic heterocycles. The van der Waals surface area contributed by atoms with Gasteiger partial charge in [0.05, 0.1) is 0 Å². The van der Waals surface area contributed by atoms with Crippen molar-refractivity contribution >= 4 is 5.78 Å². The molecule has 1 nitrogen and oxygen atoms in total. The molecular formula is C16H26O. The molecule has 2 atom stereocenters. The summed E-state index contributed by atoms with van der Waals surface area (Å²) in [6.07, 6.45) is 6.18. The van der Waals surface area contributed by atoms with E-state index in [2.05, 4.69) is 27.7 Å². The van der Waals surface area contributed by atoms with E-state index in [4.69, 9.17) is 0 Å². The third kappa shape index (κ3) is 1.88. The minimum Gasteiger partial charge on any atom is -0.295 e. The minimum atomic E-state index is 0.149. The minimum absolute atomic E-state index is 0.149. The third-order valence-electron chi connectivity index (χ3n) is 5.39. The second-order valence-electron chi connectivity index (χ2n) is 7.06. The largest absolute Gasteiger partial charge is 0.295 e. The molecule has 2 aliphatic rings. The molecule has 1 fully saturated rings. The summed E-state index contributed by atoms with van der Waals surface area (Å²) >= 11 is 0. The van der Waals surface area contributed by atoms with E-state index >= 15 is 0 Å². The van der Waals surface area contributed by atoms with E-state index in [0.717, 1.165) is 6.42 Å². The van der Waals surface area contributed by atoms with Crippen LogP contribution in [0.2, 0.25) is 0 Å². The van der Waals surface area contributed by atoms with Gasteiger partial charge in [0.2, 0.25) is 0 Å². The summed E-state index contributed by atoms with van der Waals surface area (Å²) < 4.78 is 0. The fourth-order valence-electron chi connectivity index (χ4n) is 4.81. The molecule has 0 saturated heterocycles. The predicted molar refractivity (Wildman–Crippen MR) is 71.8 cm³/mol. The van der Waals surface area contributed by atoms with Gasteiger partial charge in [-0.15, -0.1) is 0 Å². The Kier molecular flexibility index (Phi) is 3.00. The van der Waals surface area contributed by atoms with Crippen LogP contribution < -0.4 is 0 Å². The first-order valence-corrected chi connectivity index (χ1v) is 7.00. The van der Waals surface area contributed by atoms with Crippen LogP contribution >= 0.6 is 0 Å². The van der Waals surface area contributed by atoms with Gasteiger partial charge in [-0.1, -0.05) is 32.8 Å². The molecule has 0 heterocycles. The monoisotopic (exact) mass is 234 g/mol. The summed E-state index contributed by atoms with van der Waals surface area (Å²) in [4.78, 5) is 12.0. The van der Waals surface area contributed by atoms with Gasteiger partial charge < -0.3 is 0 Å². The Balaban J connectivity index is 2.50. The maximum atomic E-state index is 12.0. The van der Waals surface area contributed by atoms with Gasteiger partial charge in [-0.25, -0.2) is 0 Å². The standard InChI is InChI=1S/C16H26O/c1-11-7-8-13-15(3,4)9-6-10-16(13,5)14(11)12(2)17/h13H,6-10H2,1-5H3/t13-,16-/m0/s1. The fourth-order valence-corrected chi connectivity index (χ4v) is 4.81. The summed E-state index contributed by atoms with van der Waals surface area (Å²) in [5.41, 5.74) is 3.07. The Morgan fingerprint density at radius 1 is 1.24 bits per heavy atom. The summed E-state index contributed by atoms with van der Waals surface area (Å²) in [6.45, 7) is 11.1. The zero-order chi connectivity index (χ0) is 12.8. The van der Waals surface area contributed by atoms with Gasteiger partial charge in [-0.3, -0.25) is 4.79 Å². The molecule has 0 aromatic carbocycles. The van der Waals surface area contributed by atoms with Crippen molar-refractivity contribution in [2.75, 3.05) is 0 Å². The molecule has 17 heavy (non-hydrogen) atoms. The highest BCUT2D eigenvalue weighted by Crippen LogP contribution is 2.59. The van der Waals surface area contributed by atoms with Crippen LogP contribution in [-0.4, -0.2) is 5.78 Å². The van der Waals surface area contributed by atoms with E-state index in [9.17, 15) is 4.79 Å². The quantitative estimate of drug-likeness (QED) is 0.652. The number of carbonyl (C=O) groups is 1. The van der Waals surface area contributed by atoms with Crippen molar-refractivity contribution in [2.24, 2.45) is 16.7 Å². The third-order valence-corrected chi connectivity index (χ3v) is 5.39. The van der Waals surface area contributed by atoms with Gasteiger partial charge in [-0.05, 0) is 61.9 Å². The highest BCUT2D eigenvalue weighted by atomic mass is 16.1. The number of fused-ring (bicyclic) bond motifs is 1. The molecule has 0 unspecified atom stereocenters. The van der Waals surface area contributed by atoms with Crippen LogP contribution in [0.15, 0.2) is 11.1 Å². The molecule has 0 radical (unpaired) electrons. The van der Waals surface area contributed by atoms with E-state index in [1.54, 1.807) is 6.92 Å². The van der Waals surface area contributed by atoms with Crippen LogP contribution in [0.1, 0.15) is 66.7 Å². The highest BCUT2D eigenvalue weighted by molar-refractivity contribution is 5.95. The van der Waals surface area contributed by atoms with Crippen LogP contribution in [0.3, 0.4) is 0 Å². The van der Waals surface area contributed by atoms with Crippen LogP contribution in [-0.2, 0) is 4.79 Å². The normalized spacial score (nSPS) is 36.6. The Labute approximate surface area is 106 Å². The van der Waals surface area contributed by atoms with E-state index in [1.165, 1.54) is 36.8 Å². The average Bonchev–Trinajstić information content (AvgIpc) is 2.14. The zero-order valence-corrected chi connectivity index (χ0v) is 12.0. The van der Waals surface area contributed by atoms with Gasteiger partial charge in [0.25, 0.3) is 0 Å². The van der Waals surface area contributed by atoms with Gasteiger partial charge >= 0.3 is 0 Å². The second-order valence-corrected chi connectivity index (χ2v) is 7.06. The van der Waals surface area contributed by atoms with Crippen molar-refractivity contribution < 1.29 is 4.79 Å². The lowest BCUT2D eigenvalue weighted by atomic mass is 9.50. The Bertz CT molecular complexity index is 375. The van der Waals surface area contributed by atoms with Gasteiger partial charge in [0.15, 0.2) is 5.78 Å². The Morgan fingerprint density at radius 2 is 1.88 bits per heavy atom. The van der Waals surface area contributed by atoms with Crippen LogP contribution in [0, 0.1) is 16.7 Å². The molecule has 0 aromatic rings. The molecule has 0 amide bonds. The van der Waals surface area contributed by atoms with Crippen LogP contribution in [0.5, 0.6) is 0 Å². The summed E-state index contributed by atoms with van der Waals surface area (Å²) in [5.74, 6) is 0.999. The van der Waals surface area contributed by atoms with E-state index in [0.29, 0.717) is 17.1 Å². The van der Waals surface area contributed by atoms with Crippen molar-refractivity contribution in [2.45, 2.75) is 66.7 Å². The number of rotatable bonds is 1. The predicted octanol–water partition coefficient (Wildman–Crippen LogP) is 4.52. The number of ketones is 1. The lowest BCUT2D eigenvalue weighted by Crippen LogP contribution is -2.46. The molecule has 0 aromatic heterocycles. The molecule has 2 aliphatic carbocycles. The molecule has 0 spiro atoms. The molecule has 0 bridgehead atoms. The van der Waals surface area contributed by atoms with Gasteiger partial charge in [0.1, 0.15) is 0 Å². The lowest BCUT2D eigenvalue weighted by Gasteiger charge is -2.54. The second kappa shape index (κ2) is 3.96. The van der Waals surface area contributed by atoms with Crippen molar-refractivity contribution in [1.82, 2.24) is 0 Å². The van der Waals surface area contributed by atoms with Gasteiger partial charge in [0, 0.05) is 0 Å². The van der Waals surface area contributed by atoms with Crippen molar-refractivity contribution in [3.8, 4) is 0 Å². The molecule has 96 valence electrons. The highest BCUT2D eigenvalue weighted by Gasteiger charge is 2.51. The molecular weight excluding hydrogens is 208 g/mol. The molecule has 2 rings (SSSR count). The van der Waals surface area contributed by atoms with Crippen molar-refractivity contribution in [3.05, 3.63) is 11.1 Å². The smallest absolute Gasteiger partial charge is 0.156 e. The Morgan fingerprint density at radius 3 is 2.47 bits per heavy atom. The number of carbonyl (C=O) groups excluding carboxylic acids is 1. The molecule has 0 N–H and O–H groups in total. The maximum absolute atomic E-state index is 12.0. The first-order valence-electron chi connectivity index (χ1n) is 7.00. The SMILES string of the molecule is CC(=O)C1=C(C)CC[C@H]2C(C)(C)CCC[C@]12C. The van der Waals surface area contributed by atoms with Crippen LogP contribution in [0.25, 0.3) is 0 Å². The number of hydrogen-bond acceptors (Lipinski definition) is 1. The summed E-state index contributed by atoms with van der Waals surface area (Å²) in [7, 11) is 0. The summed E-state index contributed by atoms with van der Waals surface area (Å²) in [5, 5.41) is 0. The first-order chi connectivity index (χ1) is 7.79. The van der Waals surface area contributed by atoms with E-state index in [1.807, 2.05) is 0 Å². The first kappa shape index (κ1) is 12.9. The Hall–Kier alpha value is -0.590. The van der Waals surface area contributed by atoms with E-state index in [-0.39, 0.29) is 5.41 Å². The van der Waals surface area contributed by atoms with Gasteiger partial charge in [-0.2, -0.15) is 0 Å². The number of allylic oxidation sites excluding steroid dienone is 2. The molecule has 1 heteroatoms. The summed E-state index contributed by atoms with van der Waals surface area (Å²) in [6, 6.07) is 0. The van der Waals surface area contributed by atoms with Crippen molar-refractivity contribution in [3.63, 3.8) is 0 Å². The average molecular weight is 234 g/mol. The number of Topliss-reactive ketones (excluding diaryl/α,β-unsaturated/α-hetero) is 1. The maximum Gasteiger partial charge on any atom is 0.156 e. The van der Waals surface area contributed by atoms with Crippen molar-refractivity contribution in [1.29, 1.82) is 0 Å². The lowest BCUT2D eigenvalue weighted by molar-refractivity contribution is -0.116.